The number of rotatable bonds is 3. The number of nitrogens with two attached hydrogens (primary N) is 1. The number of nitrogens with zero attached hydrogens (tertiary/aromatic N) is 3. The molecule has 0 atom stereocenters. The van der Waals surface area contributed by atoms with Crippen molar-refractivity contribution in [3.8, 4) is 0 Å². The van der Waals surface area contributed by atoms with Crippen LogP contribution >= 0.6 is 0 Å². The molecule has 1 aliphatic rings. The first-order valence-electron chi connectivity index (χ1n) is 6.40. The van der Waals surface area contributed by atoms with E-state index in [2.05, 4.69) is 20.8 Å². The van der Waals surface area contributed by atoms with Crippen molar-refractivity contribution < 1.29 is 0 Å². The van der Waals surface area contributed by atoms with E-state index in [1.165, 1.54) is 31.2 Å². The van der Waals surface area contributed by atoms with E-state index >= 15 is 0 Å². The fourth-order valence-corrected chi connectivity index (χ4v) is 2.71. The summed E-state index contributed by atoms with van der Waals surface area (Å²) in [5, 5.41) is 5.64. The lowest BCUT2D eigenvalue weighted by Crippen LogP contribution is -2.07. The number of fused-ring (bicyclic) bond motifs is 1. The highest BCUT2D eigenvalue weighted by atomic mass is 15.3. The number of aromatic nitrogens is 3. The maximum Gasteiger partial charge on any atom is 0.157 e. The summed E-state index contributed by atoms with van der Waals surface area (Å²) in [5.74, 6) is 0. The van der Waals surface area contributed by atoms with Crippen LogP contribution in [0.1, 0.15) is 37.3 Å². The van der Waals surface area contributed by atoms with Crippen LogP contribution in [0.25, 0.3) is 11.0 Å². The van der Waals surface area contributed by atoms with Gasteiger partial charge >= 0.3 is 0 Å². The van der Waals surface area contributed by atoms with Crippen LogP contribution in [-0.4, -0.2) is 21.3 Å². The third-order valence-corrected chi connectivity index (χ3v) is 3.59. The lowest BCUT2D eigenvalue weighted by molar-refractivity contribution is 0.478. The van der Waals surface area contributed by atoms with Crippen molar-refractivity contribution in [2.24, 2.45) is 5.73 Å². The van der Waals surface area contributed by atoms with Crippen LogP contribution < -0.4 is 5.73 Å². The minimum atomic E-state index is 0.556. The molecule has 0 spiro atoms. The van der Waals surface area contributed by atoms with Crippen LogP contribution in [0.5, 0.6) is 0 Å². The third kappa shape index (κ3) is 1.93. The average Bonchev–Trinajstić information content (AvgIpc) is 2.96. The van der Waals surface area contributed by atoms with Gasteiger partial charge < -0.3 is 5.73 Å². The van der Waals surface area contributed by atoms with Crippen molar-refractivity contribution >= 4 is 11.0 Å². The minimum Gasteiger partial charge on any atom is -0.330 e. The molecule has 3 rings (SSSR count). The second-order valence-corrected chi connectivity index (χ2v) is 4.82. The highest BCUT2D eigenvalue weighted by Gasteiger charge is 2.19. The first-order valence-corrected chi connectivity index (χ1v) is 6.40. The molecule has 0 unspecified atom stereocenters. The summed E-state index contributed by atoms with van der Waals surface area (Å²) in [7, 11) is 0. The molecule has 0 saturated heterocycles. The van der Waals surface area contributed by atoms with Crippen molar-refractivity contribution in [1.82, 2.24) is 14.8 Å². The third-order valence-electron chi connectivity index (χ3n) is 3.59. The van der Waals surface area contributed by atoms with E-state index in [0.29, 0.717) is 12.6 Å². The standard InChI is InChI=1S/C13H18N4/c14-6-5-10-7-11-9-16-17(13(11)15-8-10)12-3-1-2-4-12/h7-9,12H,1-6,14H2. The fourth-order valence-electron chi connectivity index (χ4n) is 2.71. The van der Waals surface area contributed by atoms with Gasteiger partial charge in [-0.3, -0.25) is 0 Å². The molecule has 2 N–H and O–H groups in total. The smallest absolute Gasteiger partial charge is 0.157 e. The summed E-state index contributed by atoms with van der Waals surface area (Å²) in [6.45, 7) is 0.671. The summed E-state index contributed by atoms with van der Waals surface area (Å²) in [6.07, 6.45) is 9.86. The molecule has 90 valence electrons. The van der Waals surface area contributed by atoms with Gasteiger partial charge in [0.2, 0.25) is 0 Å². The van der Waals surface area contributed by atoms with E-state index in [0.717, 1.165) is 17.5 Å². The Morgan fingerprint density at radius 1 is 1.29 bits per heavy atom. The zero-order valence-electron chi connectivity index (χ0n) is 9.97. The van der Waals surface area contributed by atoms with Gasteiger partial charge in [0.05, 0.1) is 12.2 Å². The Kier molecular flexibility index (Phi) is 2.81. The van der Waals surface area contributed by atoms with E-state index in [9.17, 15) is 0 Å². The predicted octanol–water partition coefficient (Wildman–Crippen LogP) is 2.05. The topological polar surface area (TPSA) is 56.7 Å². The van der Waals surface area contributed by atoms with Gasteiger partial charge in [-0.15, -0.1) is 0 Å². The highest BCUT2D eigenvalue weighted by Crippen LogP contribution is 2.31. The molecule has 2 aromatic heterocycles. The average molecular weight is 230 g/mol. The summed E-state index contributed by atoms with van der Waals surface area (Å²) in [6, 6.07) is 2.72. The van der Waals surface area contributed by atoms with Crippen LogP contribution in [0.4, 0.5) is 0 Å². The fraction of sp³-hybridized carbons (Fsp3) is 0.538. The normalized spacial score (nSPS) is 17.0. The van der Waals surface area contributed by atoms with Crippen molar-refractivity contribution in [3.63, 3.8) is 0 Å². The molecule has 1 fully saturated rings. The molecular formula is C13H18N4. The zero-order valence-corrected chi connectivity index (χ0v) is 9.97. The van der Waals surface area contributed by atoms with E-state index in [1.807, 2.05) is 12.4 Å². The molecule has 0 radical (unpaired) electrons. The molecule has 4 heteroatoms. The Morgan fingerprint density at radius 2 is 2.12 bits per heavy atom. The Labute approximate surface area is 101 Å². The Bertz CT molecular complexity index is 511. The molecule has 4 nitrogen and oxygen atoms in total. The number of hydrogen-bond donors (Lipinski definition) is 1. The molecule has 17 heavy (non-hydrogen) atoms. The molecule has 2 aromatic rings. The van der Waals surface area contributed by atoms with Gasteiger partial charge in [-0.25, -0.2) is 9.67 Å². The van der Waals surface area contributed by atoms with Crippen LogP contribution in [0.2, 0.25) is 0 Å². The van der Waals surface area contributed by atoms with Crippen LogP contribution in [-0.2, 0) is 6.42 Å². The molecule has 0 aliphatic heterocycles. The molecule has 0 aromatic carbocycles. The molecule has 1 saturated carbocycles. The quantitative estimate of drug-likeness (QED) is 0.878. The van der Waals surface area contributed by atoms with Gasteiger partial charge in [0.25, 0.3) is 0 Å². The van der Waals surface area contributed by atoms with Crippen LogP contribution in [0.15, 0.2) is 18.5 Å². The lowest BCUT2D eigenvalue weighted by Gasteiger charge is -2.10. The molecule has 0 amide bonds. The monoisotopic (exact) mass is 230 g/mol. The summed E-state index contributed by atoms with van der Waals surface area (Å²) in [4.78, 5) is 4.55. The summed E-state index contributed by atoms with van der Waals surface area (Å²) in [5.41, 5.74) is 7.79. The van der Waals surface area contributed by atoms with Gasteiger partial charge in [0.15, 0.2) is 5.65 Å². The second-order valence-electron chi connectivity index (χ2n) is 4.82. The Balaban J connectivity index is 1.98. The van der Waals surface area contributed by atoms with Crippen LogP contribution in [0, 0.1) is 0 Å². The number of pyridine rings is 1. The maximum absolute atomic E-state index is 5.56. The maximum atomic E-state index is 5.56. The lowest BCUT2D eigenvalue weighted by atomic mass is 10.2. The van der Waals surface area contributed by atoms with Crippen molar-refractivity contribution in [3.05, 3.63) is 24.0 Å². The van der Waals surface area contributed by atoms with Crippen molar-refractivity contribution in [1.29, 1.82) is 0 Å². The number of hydrogen-bond acceptors (Lipinski definition) is 3. The molecule has 1 aliphatic carbocycles. The highest BCUT2D eigenvalue weighted by molar-refractivity contribution is 5.75. The van der Waals surface area contributed by atoms with Gasteiger partial charge in [-0.2, -0.15) is 5.10 Å². The van der Waals surface area contributed by atoms with E-state index in [1.54, 1.807) is 0 Å². The molecule has 0 bridgehead atoms. The zero-order chi connectivity index (χ0) is 11.7. The SMILES string of the molecule is NCCc1cnc2c(cnn2C2CCCC2)c1. The minimum absolute atomic E-state index is 0.556. The molecule has 2 heterocycles. The van der Waals surface area contributed by atoms with Crippen LogP contribution in [0.3, 0.4) is 0 Å². The van der Waals surface area contributed by atoms with Gasteiger partial charge in [0.1, 0.15) is 0 Å². The van der Waals surface area contributed by atoms with Gasteiger partial charge in [-0.1, -0.05) is 12.8 Å². The van der Waals surface area contributed by atoms with E-state index in [-0.39, 0.29) is 0 Å². The molecular weight excluding hydrogens is 212 g/mol. The second kappa shape index (κ2) is 4.45. The Morgan fingerprint density at radius 3 is 2.88 bits per heavy atom. The van der Waals surface area contributed by atoms with Crippen molar-refractivity contribution in [2.75, 3.05) is 6.54 Å². The summed E-state index contributed by atoms with van der Waals surface area (Å²) >= 11 is 0. The summed E-state index contributed by atoms with van der Waals surface area (Å²) < 4.78 is 2.11. The van der Waals surface area contributed by atoms with E-state index < -0.39 is 0 Å². The van der Waals surface area contributed by atoms with Crippen molar-refractivity contribution in [2.45, 2.75) is 38.1 Å². The largest absolute Gasteiger partial charge is 0.330 e. The van der Waals surface area contributed by atoms with Gasteiger partial charge in [-0.05, 0) is 37.4 Å². The Hall–Kier alpha value is -1.42. The predicted molar refractivity (Wildman–Crippen MR) is 67.8 cm³/mol. The first kappa shape index (κ1) is 10.7. The first-order chi connectivity index (χ1) is 8.38. The van der Waals surface area contributed by atoms with Gasteiger partial charge in [0, 0.05) is 11.6 Å². The van der Waals surface area contributed by atoms with E-state index in [4.69, 9.17) is 5.73 Å².